The summed E-state index contributed by atoms with van der Waals surface area (Å²) in [5, 5.41) is 2.60. The van der Waals surface area contributed by atoms with Crippen LogP contribution in [0.5, 0.6) is 0 Å². The molecule has 1 heteroatoms. The van der Waals surface area contributed by atoms with Crippen molar-refractivity contribution in [1.29, 1.82) is 0 Å². The molecule has 57 heavy (non-hydrogen) atoms. The van der Waals surface area contributed by atoms with Crippen molar-refractivity contribution in [3.8, 4) is 33.4 Å². The molecule has 270 valence electrons. The third-order valence-corrected chi connectivity index (χ3v) is 12.7. The predicted molar refractivity (Wildman–Crippen MR) is 239 cm³/mol. The molecule has 0 fully saturated rings. The minimum Gasteiger partial charge on any atom is -0.310 e. The van der Waals surface area contributed by atoms with Gasteiger partial charge in [-0.1, -0.05) is 184 Å². The first kappa shape index (κ1) is 33.4. The van der Waals surface area contributed by atoms with E-state index in [4.69, 9.17) is 0 Å². The summed E-state index contributed by atoms with van der Waals surface area (Å²) in [6.45, 7) is 4.70. The van der Waals surface area contributed by atoms with Gasteiger partial charge in [0.1, 0.15) is 0 Å². The summed E-state index contributed by atoms with van der Waals surface area (Å²) >= 11 is 0. The van der Waals surface area contributed by atoms with Gasteiger partial charge in [0.05, 0.1) is 5.41 Å². The maximum Gasteiger partial charge on any atom is 0.0713 e. The Kier molecular flexibility index (Phi) is 7.50. The minimum absolute atomic E-state index is 0.0806. The predicted octanol–water partition coefficient (Wildman–Crippen LogP) is 14.6. The van der Waals surface area contributed by atoms with E-state index in [2.05, 4.69) is 231 Å². The van der Waals surface area contributed by atoms with Crippen molar-refractivity contribution in [3.63, 3.8) is 0 Å². The molecule has 0 bridgehead atoms. The molecular formula is C56H41N. The molecule has 11 rings (SSSR count). The SMILES string of the molecule is CC1(C)c2ccccc2-c2ccc(N(c3ccccc3)c3ccc(-c4cccc(C5(c6ccccc6)c6ccccc6-c6cccc7cccc5c67)c4)cc3)cc21. The average molecular weight is 728 g/mol. The first-order chi connectivity index (χ1) is 28.0. The summed E-state index contributed by atoms with van der Waals surface area (Å²) in [7, 11) is 0. The number of hydrogen-bond donors (Lipinski definition) is 0. The van der Waals surface area contributed by atoms with Gasteiger partial charge in [-0.25, -0.2) is 0 Å². The number of rotatable bonds is 6. The average Bonchev–Trinajstić information content (AvgIpc) is 3.50. The van der Waals surface area contributed by atoms with E-state index in [1.165, 1.54) is 77.5 Å². The Bertz CT molecular complexity index is 2970. The maximum absolute atomic E-state index is 2.43. The summed E-state index contributed by atoms with van der Waals surface area (Å²) in [6, 6.07) is 78.7. The first-order valence-corrected chi connectivity index (χ1v) is 20.0. The van der Waals surface area contributed by atoms with Gasteiger partial charge in [-0.3, -0.25) is 0 Å². The van der Waals surface area contributed by atoms with Gasteiger partial charge in [-0.2, -0.15) is 0 Å². The molecule has 0 aromatic heterocycles. The van der Waals surface area contributed by atoms with Crippen molar-refractivity contribution in [2.24, 2.45) is 0 Å². The van der Waals surface area contributed by atoms with Gasteiger partial charge in [0.25, 0.3) is 0 Å². The highest BCUT2D eigenvalue weighted by Crippen LogP contribution is 2.56. The van der Waals surface area contributed by atoms with Crippen LogP contribution in [0.4, 0.5) is 17.1 Å². The van der Waals surface area contributed by atoms with Gasteiger partial charge < -0.3 is 4.90 Å². The van der Waals surface area contributed by atoms with Crippen LogP contribution in [0.25, 0.3) is 44.2 Å². The fourth-order valence-corrected chi connectivity index (χ4v) is 10.1. The third kappa shape index (κ3) is 4.95. The van der Waals surface area contributed by atoms with Gasteiger partial charge in [0, 0.05) is 22.5 Å². The van der Waals surface area contributed by atoms with E-state index in [1.54, 1.807) is 0 Å². The number of para-hydroxylation sites is 1. The van der Waals surface area contributed by atoms with E-state index < -0.39 is 5.41 Å². The Labute approximate surface area is 335 Å². The largest absolute Gasteiger partial charge is 0.310 e. The Morgan fingerprint density at radius 1 is 0.333 bits per heavy atom. The van der Waals surface area contributed by atoms with Crippen molar-refractivity contribution in [2.75, 3.05) is 4.90 Å². The summed E-state index contributed by atoms with van der Waals surface area (Å²) in [4.78, 5) is 2.39. The Morgan fingerprint density at radius 3 is 1.65 bits per heavy atom. The van der Waals surface area contributed by atoms with Crippen LogP contribution in [0.15, 0.2) is 212 Å². The lowest BCUT2D eigenvalue weighted by Gasteiger charge is -2.42. The van der Waals surface area contributed by atoms with E-state index in [0.717, 1.165) is 17.1 Å². The molecule has 0 saturated carbocycles. The number of anilines is 3. The summed E-state index contributed by atoms with van der Waals surface area (Å²) in [6.07, 6.45) is 0. The molecule has 1 unspecified atom stereocenters. The van der Waals surface area contributed by atoms with Crippen LogP contribution in [-0.4, -0.2) is 0 Å². The fraction of sp³-hybridized carbons (Fsp3) is 0.0714. The summed E-state index contributed by atoms with van der Waals surface area (Å²) < 4.78 is 0. The molecule has 0 radical (unpaired) electrons. The molecule has 0 amide bonds. The normalized spacial score (nSPS) is 15.8. The molecule has 0 saturated heterocycles. The quantitative estimate of drug-likeness (QED) is 0.165. The van der Waals surface area contributed by atoms with E-state index in [9.17, 15) is 0 Å². The van der Waals surface area contributed by atoms with Crippen LogP contribution < -0.4 is 4.90 Å². The van der Waals surface area contributed by atoms with Crippen LogP contribution in [0.1, 0.15) is 47.2 Å². The van der Waals surface area contributed by atoms with Gasteiger partial charge in [-0.15, -0.1) is 0 Å². The van der Waals surface area contributed by atoms with Crippen LogP contribution >= 0.6 is 0 Å². The van der Waals surface area contributed by atoms with Crippen molar-refractivity contribution in [2.45, 2.75) is 24.7 Å². The first-order valence-electron chi connectivity index (χ1n) is 20.0. The highest BCUT2D eigenvalue weighted by molar-refractivity contribution is 6.05. The lowest BCUT2D eigenvalue weighted by atomic mass is 9.59. The van der Waals surface area contributed by atoms with Crippen LogP contribution in [0, 0.1) is 0 Å². The van der Waals surface area contributed by atoms with Gasteiger partial charge >= 0.3 is 0 Å². The zero-order valence-electron chi connectivity index (χ0n) is 32.2. The van der Waals surface area contributed by atoms with E-state index in [0.29, 0.717) is 0 Å². The Morgan fingerprint density at radius 2 is 0.877 bits per heavy atom. The minimum atomic E-state index is -0.507. The molecule has 0 N–H and O–H groups in total. The monoisotopic (exact) mass is 727 g/mol. The summed E-state index contributed by atoms with van der Waals surface area (Å²) in [5.41, 5.74) is 18.4. The molecular weight excluding hydrogens is 687 g/mol. The molecule has 1 nitrogen and oxygen atoms in total. The molecule has 9 aromatic rings. The molecule has 1 atom stereocenters. The zero-order valence-corrected chi connectivity index (χ0v) is 32.2. The second-order valence-electron chi connectivity index (χ2n) is 16.1. The number of benzene rings is 9. The number of nitrogens with zero attached hydrogens (tertiary/aromatic N) is 1. The van der Waals surface area contributed by atoms with Gasteiger partial charge in [0.15, 0.2) is 0 Å². The molecule has 0 heterocycles. The molecule has 2 aliphatic rings. The Hall–Kier alpha value is -6.96. The van der Waals surface area contributed by atoms with Gasteiger partial charge in [0.2, 0.25) is 0 Å². The number of fused-ring (bicyclic) bond motifs is 5. The van der Waals surface area contributed by atoms with Crippen molar-refractivity contribution < 1.29 is 0 Å². The topological polar surface area (TPSA) is 3.24 Å². The second-order valence-corrected chi connectivity index (χ2v) is 16.1. The highest BCUT2D eigenvalue weighted by Gasteiger charge is 2.44. The third-order valence-electron chi connectivity index (χ3n) is 12.7. The maximum atomic E-state index is 2.43. The second kappa shape index (κ2) is 12.8. The van der Waals surface area contributed by atoms with E-state index in [1.807, 2.05) is 0 Å². The molecule has 2 aliphatic carbocycles. The lowest BCUT2D eigenvalue weighted by Crippen LogP contribution is -2.33. The fourth-order valence-electron chi connectivity index (χ4n) is 10.1. The summed E-state index contributed by atoms with van der Waals surface area (Å²) in [5.74, 6) is 0. The number of hydrogen-bond acceptors (Lipinski definition) is 1. The highest BCUT2D eigenvalue weighted by atomic mass is 15.1. The smallest absolute Gasteiger partial charge is 0.0713 e. The molecule has 0 spiro atoms. The van der Waals surface area contributed by atoms with Crippen molar-refractivity contribution >= 4 is 27.8 Å². The van der Waals surface area contributed by atoms with Gasteiger partial charge in [-0.05, 0) is 120 Å². The van der Waals surface area contributed by atoms with Crippen LogP contribution in [-0.2, 0) is 10.8 Å². The van der Waals surface area contributed by atoms with E-state index >= 15 is 0 Å². The Balaban J connectivity index is 1.05. The molecule has 9 aromatic carbocycles. The van der Waals surface area contributed by atoms with Crippen LogP contribution in [0.2, 0.25) is 0 Å². The standard InChI is InChI=1S/C56H41N/c1-55(2)50-27-11-9-24-46(50)48-35-34-45(37-53(48)55)57(43-22-7-4-8-23-43)44-32-30-38(31-33-44)40-18-13-21-42(36-40)56(41-19-5-3-6-20-41)51-28-12-10-25-47(51)49-26-14-16-39-17-15-29-52(56)54(39)49/h3-37H,1-2H3. The lowest BCUT2D eigenvalue weighted by molar-refractivity contribution is 0.660. The van der Waals surface area contributed by atoms with Crippen molar-refractivity contribution in [3.05, 3.63) is 246 Å². The van der Waals surface area contributed by atoms with Crippen molar-refractivity contribution in [1.82, 2.24) is 0 Å². The zero-order chi connectivity index (χ0) is 38.1. The van der Waals surface area contributed by atoms with Crippen LogP contribution in [0.3, 0.4) is 0 Å². The molecule has 0 aliphatic heterocycles. The van der Waals surface area contributed by atoms with E-state index in [-0.39, 0.29) is 5.41 Å².